The molecule has 0 saturated heterocycles. The number of urea groups is 1. The molecule has 2 amide bonds. The largest absolute Gasteiger partial charge is 0.343 e. The van der Waals surface area contributed by atoms with Crippen molar-refractivity contribution in [3.05, 3.63) is 23.8 Å². The fourth-order valence-electron chi connectivity index (χ4n) is 1.11. The minimum absolute atomic E-state index is 0.127. The van der Waals surface area contributed by atoms with Crippen LogP contribution >= 0.6 is 0 Å². The number of pyridine rings is 1. The van der Waals surface area contributed by atoms with Crippen LogP contribution in [0.5, 0.6) is 0 Å². The number of hydrogen-bond acceptors (Lipinski definition) is 3. The Kier molecular flexibility index (Phi) is 7.62. The fraction of sp³-hybridized carbons (Fsp3) is 0.455. The van der Waals surface area contributed by atoms with Gasteiger partial charge in [0.15, 0.2) is 5.82 Å². The third-order valence-corrected chi connectivity index (χ3v) is 1.79. The molecule has 0 unspecified atom stereocenters. The Morgan fingerprint density at radius 3 is 2.65 bits per heavy atom. The summed E-state index contributed by atoms with van der Waals surface area (Å²) in [6, 6.07) is -0.628. The van der Waals surface area contributed by atoms with Crippen LogP contribution < -0.4 is 10.8 Å². The molecule has 0 aliphatic rings. The van der Waals surface area contributed by atoms with Gasteiger partial charge in [0.05, 0.1) is 19.0 Å². The van der Waals surface area contributed by atoms with E-state index in [1.807, 2.05) is 26.3 Å². The highest BCUT2D eigenvalue weighted by molar-refractivity contribution is 5.89. The number of rotatable bonds is 3. The molecule has 2 N–H and O–H groups in total. The van der Waals surface area contributed by atoms with Gasteiger partial charge >= 0.3 is 6.03 Å². The Bertz CT molecular complexity index is 359. The second kappa shape index (κ2) is 8.46. The van der Waals surface area contributed by atoms with Crippen LogP contribution in [0.25, 0.3) is 0 Å². The van der Waals surface area contributed by atoms with E-state index in [-0.39, 0.29) is 5.69 Å². The first-order valence-electron chi connectivity index (χ1n) is 5.41. The zero-order chi connectivity index (χ0) is 13.3. The number of carbonyl (C=O) groups is 1. The summed E-state index contributed by atoms with van der Waals surface area (Å²) in [5.41, 5.74) is 2.79. The molecular weight excluding hydrogens is 225 g/mol. The van der Waals surface area contributed by atoms with Crippen molar-refractivity contribution < 1.29 is 14.0 Å². The number of aryl methyl sites for hydroxylation is 1. The van der Waals surface area contributed by atoms with E-state index < -0.39 is 11.8 Å². The van der Waals surface area contributed by atoms with Gasteiger partial charge < -0.3 is 5.32 Å². The van der Waals surface area contributed by atoms with Crippen molar-refractivity contribution >= 4 is 11.7 Å². The van der Waals surface area contributed by atoms with Crippen molar-refractivity contribution in [1.29, 1.82) is 0 Å². The van der Waals surface area contributed by atoms with Gasteiger partial charge in [-0.1, -0.05) is 20.8 Å². The van der Waals surface area contributed by atoms with E-state index in [4.69, 9.17) is 0 Å². The summed E-state index contributed by atoms with van der Waals surface area (Å²) in [6.45, 7) is 5.84. The van der Waals surface area contributed by atoms with Gasteiger partial charge in [0.1, 0.15) is 0 Å². The Balaban J connectivity index is 0.00000121. The Morgan fingerprint density at radius 1 is 1.47 bits per heavy atom. The number of carbonyl (C=O) groups excluding carboxylic acids is 1. The molecule has 0 saturated carbocycles. The van der Waals surface area contributed by atoms with Gasteiger partial charge in [-0.15, -0.1) is 0 Å². The van der Waals surface area contributed by atoms with Gasteiger partial charge in [-0.3, -0.25) is 9.82 Å². The second-order valence-electron chi connectivity index (χ2n) is 2.77. The molecule has 0 radical (unpaired) electrons. The van der Waals surface area contributed by atoms with Gasteiger partial charge in [-0.25, -0.2) is 14.7 Å². The lowest BCUT2D eigenvalue weighted by atomic mass is 10.2. The summed E-state index contributed by atoms with van der Waals surface area (Å²) < 4.78 is 13.3. The fourth-order valence-corrected chi connectivity index (χ4v) is 1.11. The predicted molar refractivity (Wildman–Crippen MR) is 64.1 cm³/mol. The van der Waals surface area contributed by atoms with Gasteiger partial charge in [-0.05, 0) is 12.0 Å². The number of aromatic nitrogens is 1. The summed E-state index contributed by atoms with van der Waals surface area (Å²) >= 11 is 0. The third-order valence-electron chi connectivity index (χ3n) is 1.79. The molecule has 1 rings (SSSR count). The minimum atomic E-state index is -0.628. The van der Waals surface area contributed by atoms with Crippen LogP contribution in [0.3, 0.4) is 0 Å². The smallest absolute Gasteiger partial charge is 0.303 e. The molecule has 1 aromatic rings. The highest BCUT2D eigenvalue weighted by Gasteiger charge is 2.10. The number of hydroxylamine groups is 1. The molecule has 6 heteroatoms. The van der Waals surface area contributed by atoms with E-state index >= 15 is 0 Å². The van der Waals surface area contributed by atoms with Crippen LogP contribution in [0, 0.1) is 5.82 Å². The van der Waals surface area contributed by atoms with Crippen LogP contribution in [0.15, 0.2) is 12.4 Å². The van der Waals surface area contributed by atoms with Crippen LogP contribution in [0.1, 0.15) is 26.3 Å². The lowest BCUT2D eigenvalue weighted by Gasteiger charge is -2.09. The number of amides is 2. The highest BCUT2D eigenvalue weighted by atomic mass is 19.1. The number of anilines is 1. The van der Waals surface area contributed by atoms with Crippen LogP contribution in [-0.4, -0.2) is 18.1 Å². The van der Waals surface area contributed by atoms with Crippen molar-refractivity contribution in [2.24, 2.45) is 0 Å². The average Bonchev–Trinajstić information content (AvgIpc) is 2.34. The minimum Gasteiger partial charge on any atom is -0.303 e. The first-order chi connectivity index (χ1) is 8.19. The van der Waals surface area contributed by atoms with Crippen LogP contribution in [0.2, 0.25) is 0 Å². The van der Waals surface area contributed by atoms with E-state index in [0.717, 1.165) is 6.20 Å². The standard InChI is InChI=1S/C9H12FN3O2.C2H6/c1-3-6-4-11-5-7(10)8(6)12-9(14)13-15-2;1-2/h4-5H,3H2,1-2H3,(H2,11,12,13,14);1-2H3. The first-order valence-corrected chi connectivity index (χ1v) is 5.41. The Morgan fingerprint density at radius 2 is 2.12 bits per heavy atom. The monoisotopic (exact) mass is 243 g/mol. The van der Waals surface area contributed by atoms with Gasteiger partial charge in [0.25, 0.3) is 0 Å². The topological polar surface area (TPSA) is 63.2 Å². The van der Waals surface area contributed by atoms with E-state index in [1.165, 1.54) is 13.3 Å². The normalized spacial score (nSPS) is 9.00. The Labute approximate surface area is 100 Å². The van der Waals surface area contributed by atoms with Crippen molar-refractivity contribution in [1.82, 2.24) is 10.5 Å². The quantitative estimate of drug-likeness (QED) is 0.802. The summed E-state index contributed by atoms with van der Waals surface area (Å²) in [5, 5.41) is 2.34. The van der Waals surface area contributed by atoms with E-state index in [0.29, 0.717) is 12.0 Å². The molecule has 0 aliphatic carbocycles. The molecule has 0 atom stereocenters. The highest BCUT2D eigenvalue weighted by Crippen LogP contribution is 2.18. The first kappa shape index (κ1) is 15.3. The molecule has 0 spiro atoms. The molecule has 1 aromatic heterocycles. The molecular formula is C11H18FN3O2. The van der Waals surface area contributed by atoms with Gasteiger partial charge in [0.2, 0.25) is 0 Å². The van der Waals surface area contributed by atoms with Gasteiger partial charge in [-0.2, -0.15) is 0 Å². The summed E-state index contributed by atoms with van der Waals surface area (Å²) in [7, 11) is 1.29. The molecule has 0 aliphatic heterocycles. The lowest BCUT2D eigenvalue weighted by molar-refractivity contribution is 0.114. The summed E-state index contributed by atoms with van der Waals surface area (Å²) in [4.78, 5) is 19.2. The van der Waals surface area contributed by atoms with Crippen molar-refractivity contribution in [2.75, 3.05) is 12.4 Å². The van der Waals surface area contributed by atoms with Crippen molar-refractivity contribution in [3.8, 4) is 0 Å². The van der Waals surface area contributed by atoms with E-state index in [2.05, 4.69) is 15.1 Å². The SMILES string of the molecule is CC.CCc1cncc(F)c1NC(=O)NOC. The van der Waals surface area contributed by atoms with Crippen LogP contribution in [-0.2, 0) is 11.3 Å². The zero-order valence-corrected chi connectivity index (χ0v) is 10.5. The van der Waals surface area contributed by atoms with Crippen molar-refractivity contribution in [3.63, 3.8) is 0 Å². The maximum absolute atomic E-state index is 13.3. The Hall–Kier alpha value is -1.69. The molecule has 96 valence electrons. The molecule has 0 bridgehead atoms. The molecule has 1 heterocycles. The molecule has 0 fully saturated rings. The van der Waals surface area contributed by atoms with Gasteiger partial charge in [0, 0.05) is 6.20 Å². The number of halogens is 1. The summed E-state index contributed by atoms with van der Waals surface area (Å²) in [6.07, 6.45) is 3.13. The maximum Gasteiger partial charge on any atom is 0.343 e. The molecule has 17 heavy (non-hydrogen) atoms. The predicted octanol–water partition coefficient (Wildman–Crippen LogP) is 2.49. The number of nitrogens with one attached hydrogen (secondary N) is 2. The number of nitrogens with zero attached hydrogens (tertiary/aromatic N) is 1. The third kappa shape index (κ3) is 4.78. The van der Waals surface area contributed by atoms with Crippen molar-refractivity contribution in [2.45, 2.75) is 27.2 Å². The maximum atomic E-state index is 13.3. The second-order valence-corrected chi connectivity index (χ2v) is 2.77. The van der Waals surface area contributed by atoms with E-state index in [1.54, 1.807) is 0 Å². The lowest BCUT2D eigenvalue weighted by Crippen LogP contribution is -2.28. The molecule has 0 aromatic carbocycles. The van der Waals surface area contributed by atoms with Crippen LogP contribution in [0.4, 0.5) is 14.9 Å². The molecule has 5 nitrogen and oxygen atoms in total. The van der Waals surface area contributed by atoms with E-state index in [9.17, 15) is 9.18 Å². The average molecular weight is 243 g/mol. The zero-order valence-electron chi connectivity index (χ0n) is 10.5. The number of hydrogen-bond donors (Lipinski definition) is 2. The summed E-state index contributed by atoms with van der Waals surface area (Å²) in [5.74, 6) is -0.569.